The van der Waals surface area contributed by atoms with Crippen LogP contribution < -0.4 is 5.32 Å². The molecule has 1 aliphatic rings. The van der Waals surface area contributed by atoms with Crippen molar-refractivity contribution >= 4 is 7.85 Å². The lowest BCUT2D eigenvalue weighted by atomic mass is 9.73. The number of piperidine rings is 1. The summed E-state index contributed by atoms with van der Waals surface area (Å²) in [6.07, 6.45) is 1.13. The third-order valence-electron chi connectivity index (χ3n) is 2.65. The second-order valence-corrected chi connectivity index (χ2v) is 4.09. The van der Waals surface area contributed by atoms with Crippen molar-refractivity contribution in [3.63, 3.8) is 0 Å². The van der Waals surface area contributed by atoms with E-state index in [2.05, 4.69) is 40.5 Å². The molecule has 0 amide bonds. The zero-order chi connectivity index (χ0) is 9.30. The summed E-state index contributed by atoms with van der Waals surface area (Å²) in [5.74, 6) is 0.709. The van der Waals surface area contributed by atoms with Crippen LogP contribution in [0.2, 0.25) is 5.82 Å². The predicted octanol–water partition coefficient (Wildman–Crippen LogP) is 1.64. The molecule has 0 aromatic rings. The summed E-state index contributed by atoms with van der Waals surface area (Å²) in [5.41, 5.74) is 3.89. The second-order valence-electron chi connectivity index (χ2n) is 4.09. The van der Waals surface area contributed by atoms with Gasteiger partial charge in [-0.25, -0.2) is 0 Å². The van der Waals surface area contributed by atoms with Gasteiger partial charge in [0.2, 0.25) is 0 Å². The Morgan fingerprint density at radius 1 is 1.58 bits per heavy atom. The third kappa shape index (κ3) is 1.74. The van der Waals surface area contributed by atoms with Crippen LogP contribution in [0.4, 0.5) is 0 Å². The van der Waals surface area contributed by atoms with Crippen LogP contribution in [0, 0.1) is 0 Å². The molecule has 1 N–H and O–H groups in total. The highest BCUT2D eigenvalue weighted by Crippen LogP contribution is 2.29. The molecule has 0 spiro atoms. The van der Waals surface area contributed by atoms with Gasteiger partial charge in [-0.05, 0) is 38.6 Å². The smallest absolute Gasteiger partial charge is 0.108 e. The van der Waals surface area contributed by atoms with Gasteiger partial charge in [0.25, 0.3) is 0 Å². The van der Waals surface area contributed by atoms with E-state index in [1.54, 1.807) is 0 Å². The number of allylic oxidation sites excluding steroid dienone is 2. The number of hydrogen-bond acceptors (Lipinski definition) is 1. The fourth-order valence-electron chi connectivity index (χ4n) is 1.64. The minimum absolute atomic E-state index is 0.584. The topological polar surface area (TPSA) is 12.0 Å². The molecule has 0 saturated carbocycles. The van der Waals surface area contributed by atoms with Gasteiger partial charge in [0.05, 0.1) is 0 Å². The van der Waals surface area contributed by atoms with Crippen molar-refractivity contribution in [2.75, 3.05) is 0 Å². The molecular formula is C10H18BN. The van der Waals surface area contributed by atoms with Crippen molar-refractivity contribution in [1.82, 2.24) is 5.32 Å². The number of nitrogens with one attached hydrogen (secondary N) is 1. The van der Waals surface area contributed by atoms with Gasteiger partial charge < -0.3 is 5.32 Å². The molecule has 1 saturated heterocycles. The first-order valence-corrected chi connectivity index (χ1v) is 4.64. The molecule has 66 valence electrons. The highest BCUT2D eigenvalue weighted by atomic mass is 14.9. The first kappa shape index (κ1) is 9.43. The Morgan fingerprint density at radius 2 is 2.17 bits per heavy atom. The van der Waals surface area contributed by atoms with E-state index in [0.29, 0.717) is 11.9 Å². The van der Waals surface area contributed by atoms with Crippen molar-refractivity contribution in [2.45, 2.75) is 39.1 Å². The van der Waals surface area contributed by atoms with Crippen molar-refractivity contribution in [2.24, 2.45) is 0 Å². The van der Waals surface area contributed by atoms with Crippen molar-refractivity contribution in [3.8, 4) is 0 Å². The van der Waals surface area contributed by atoms with Gasteiger partial charge in [-0.2, -0.15) is 0 Å². The maximum absolute atomic E-state index is 4.08. The molecular weight excluding hydrogens is 145 g/mol. The number of rotatable bonds is 0. The Kier molecular flexibility index (Phi) is 2.66. The highest BCUT2D eigenvalue weighted by Gasteiger charge is 2.22. The van der Waals surface area contributed by atoms with E-state index >= 15 is 0 Å². The van der Waals surface area contributed by atoms with Crippen LogP contribution in [-0.2, 0) is 0 Å². The molecule has 0 radical (unpaired) electrons. The normalized spacial score (nSPS) is 29.9. The van der Waals surface area contributed by atoms with E-state index in [4.69, 9.17) is 0 Å². The van der Waals surface area contributed by atoms with E-state index in [0.717, 1.165) is 6.42 Å². The van der Waals surface area contributed by atoms with Crippen LogP contribution in [0.3, 0.4) is 0 Å². The van der Waals surface area contributed by atoms with Gasteiger partial charge >= 0.3 is 0 Å². The first-order valence-electron chi connectivity index (χ1n) is 4.64. The fourth-order valence-corrected chi connectivity index (χ4v) is 1.64. The standard InChI is InChI=1S/C10H18BN/c1-6(2)10-7(3)5-9(11)8(4)12-10/h8-9,12H,3,5,11H2,1-2,4H3. The maximum Gasteiger partial charge on any atom is 0.108 e. The van der Waals surface area contributed by atoms with Gasteiger partial charge in [-0.15, -0.1) is 0 Å². The lowest BCUT2D eigenvalue weighted by Crippen LogP contribution is -2.36. The maximum atomic E-state index is 4.08. The van der Waals surface area contributed by atoms with E-state index in [9.17, 15) is 0 Å². The number of hydrogen-bond donors (Lipinski definition) is 1. The molecule has 1 rings (SSSR count). The zero-order valence-corrected chi connectivity index (χ0v) is 8.57. The predicted molar refractivity (Wildman–Crippen MR) is 57.0 cm³/mol. The second kappa shape index (κ2) is 3.38. The Balaban J connectivity index is 2.82. The van der Waals surface area contributed by atoms with Gasteiger partial charge in [0.15, 0.2) is 0 Å². The average molecular weight is 163 g/mol. The molecule has 12 heavy (non-hydrogen) atoms. The fraction of sp³-hybridized carbons (Fsp3) is 0.600. The SMILES string of the molecule is BC1CC(=C)C(=C(C)C)NC1C. The van der Waals surface area contributed by atoms with E-state index in [1.807, 2.05) is 0 Å². The van der Waals surface area contributed by atoms with Gasteiger partial charge in [0.1, 0.15) is 7.85 Å². The van der Waals surface area contributed by atoms with Crippen LogP contribution in [-0.4, -0.2) is 13.9 Å². The Hall–Kier alpha value is -0.655. The minimum Gasteiger partial charge on any atom is -0.383 e. The monoisotopic (exact) mass is 163 g/mol. The summed E-state index contributed by atoms with van der Waals surface area (Å²) in [5, 5.41) is 3.50. The summed E-state index contributed by atoms with van der Waals surface area (Å²) in [6.45, 7) is 10.6. The molecule has 2 unspecified atom stereocenters. The summed E-state index contributed by atoms with van der Waals surface area (Å²) in [4.78, 5) is 0. The first-order chi connectivity index (χ1) is 5.52. The van der Waals surface area contributed by atoms with Crippen molar-refractivity contribution in [3.05, 3.63) is 23.4 Å². The summed E-state index contributed by atoms with van der Waals surface area (Å²) in [7, 11) is 2.27. The average Bonchev–Trinajstić information content (AvgIpc) is 1.96. The van der Waals surface area contributed by atoms with Gasteiger partial charge in [-0.1, -0.05) is 12.2 Å². The van der Waals surface area contributed by atoms with Crippen LogP contribution in [0.15, 0.2) is 23.4 Å². The molecule has 2 atom stereocenters. The molecule has 0 aromatic heterocycles. The van der Waals surface area contributed by atoms with E-state index < -0.39 is 0 Å². The lowest BCUT2D eigenvalue weighted by molar-refractivity contribution is 0.527. The van der Waals surface area contributed by atoms with Crippen LogP contribution in [0.1, 0.15) is 27.2 Å². The van der Waals surface area contributed by atoms with Crippen LogP contribution >= 0.6 is 0 Å². The Labute approximate surface area is 76.3 Å². The molecule has 0 aromatic carbocycles. The summed E-state index contributed by atoms with van der Waals surface area (Å²) < 4.78 is 0. The van der Waals surface area contributed by atoms with Crippen LogP contribution in [0.5, 0.6) is 0 Å². The molecule has 1 fully saturated rings. The lowest BCUT2D eigenvalue weighted by Gasteiger charge is -2.32. The summed E-state index contributed by atoms with van der Waals surface area (Å²) >= 11 is 0. The molecule has 2 heteroatoms. The van der Waals surface area contributed by atoms with Crippen molar-refractivity contribution in [1.29, 1.82) is 0 Å². The van der Waals surface area contributed by atoms with Crippen LogP contribution in [0.25, 0.3) is 0 Å². The largest absolute Gasteiger partial charge is 0.383 e. The molecule has 0 bridgehead atoms. The quantitative estimate of drug-likeness (QED) is 0.535. The third-order valence-corrected chi connectivity index (χ3v) is 2.65. The Morgan fingerprint density at radius 3 is 2.67 bits per heavy atom. The molecule has 0 aliphatic carbocycles. The Bertz CT molecular complexity index is 226. The highest BCUT2D eigenvalue weighted by molar-refractivity contribution is 6.12. The minimum atomic E-state index is 0.584. The zero-order valence-electron chi connectivity index (χ0n) is 8.57. The van der Waals surface area contributed by atoms with Gasteiger partial charge in [0, 0.05) is 11.7 Å². The summed E-state index contributed by atoms with van der Waals surface area (Å²) in [6, 6.07) is 0.584. The van der Waals surface area contributed by atoms with Gasteiger partial charge in [-0.3, -0.25) is 0 Å². The molecule has 1 aliphatic heterocycles. The van der Waals surface area contributed by atoms with E-state index in [-0.39, 0.29) is 0 Å². The molecule has 1 nitrogen and oxygen atoms in total. The molecule has 1 heterocycles. The van der Waals surface area contributed by atoms with E-state index in [1.165, 1.54) is 16.8 Å². The van der Waals surface area contributed by atoms with Crippen molar-refractivity contribution < 1.29 is 0 Å².